The molecule has 1 aliphatic heterocycles. The van der Waals surface area contributed by atoms with Crippen LogP contribution in [-0.2, 0) is 6.54 Å². The Hall–Kier alpha value is -1.00. The third kappa shape index (κ3) is 3.18. The van der Waals surface area contributed by atoms with Crippen LogP contribution < -0.4 is 0 Å². The summed E-state index contributed by atoms with van der Waals surface area (Å²) in [6.45, 7) is 4.98. The number of hydrogen-bond acceptors (Lipinski definition) is 2. The lowest BCUT2D eigenvalue weighted by atomic mass is 10.1. The molecule has 1 aliphatic carbocycles. The van der Waals surface area contributed by atoms with E-state index in [2.05, 4.69) is 9.80 Å². The molecular formula is C16H22F2N2. The first kappa shape index (κ1) is 14.0. The van der Waals surface area contributed by atoms with Gasteiger partial charge in [0.05, 0.1) is 0 Å². The molecule has 1 saturated carbocycles. The van der Waals surface area contributed by atoms with Crippen molar-refractivity contribution in [3.63, 3.8) is 0 Å². The van der Waals surface area contributed by atoms with Crippen LogP contribution in [0.15, 0.2) is 18.2 Å². The van der Waals surface area contributed by atoms with Crippen molar-refractivity contribution in [1.82, 2.24) is 9.80 Å². The van der Waals surface area contributed by atoms with Crippen LogP contribution in [0, 0.1) is 11.6 Å². The van der Waals surface area contributed by atoms with Gasteiger partial charge in [-0.2, -0.15) is 0 Å². The van der Waals surface area contributed by atoms with E-state index in [4.69, 9.17) is 0 Å². The summed E-state index contributed by atoms with van der Waals surface area (Å²) in [6.07, 6.45) is 5.45. The van der Waals surface area contributed by atoms with Crippen molar-refractivity contribution < 1.29 is 8.78 Å². The van der Waals surface area contributed by atoms with E-state index in [0.717, 1.165) is 44.3 Å². The standard InChI is InChI=1S/C16H22F2N2/c17-15-6-5-13(11-16(15)18)12-19-7-9-20(10-8-19)14-3-1-2-4-14/h5-6,11,14H,1-4,7-10,12H2. The topological polar surface area (TPSA) is 6.48 Å². The van der Waals surface area contributed by atoms with Gasteiger partial charge in [0.2, 0.25) is 0 Å². The Morgan fingerprint density at radius 1 is 0.950 bits per heavy atom. The van der Waals surface area contributed by atoms with Crippen LogP contribution in [0.25, 0.3) is 0 Å². The summed E-state index contributed by atoms with van der Waals surface area (Å²) in [5, 5.41) is 0. The number of piperazine rings is 1. The Morgan fingerprint density at radius 3 is 2.30 bits per heavy atom. The minimum Gasteiger partial charge on any atom is -0.298 e. The van der Waals surface area contributed by atoms with E-state index < -0.39 is 11.6 Å². The maximum atomic E-state index is 13.2. The molecule has 0 radical (unpaired) electrons. The van der Waals surface area contributed by atoms with Gasteiger partial charge in [-0.05, 0) is 30.5 Å². The zero-order chi connectivity index (χ0) is 13.9. The molecule has 1 saturated heterocycles. The second kappa shape index (κ2) is 6.19. The molecule has 1 aromatic carbocycles. The molecule has 2 nitrogen and oxygen atoms in total. The van der Waals surface area contributed by atoms with E-state index in [1.54, 1.807) is 6.07 Å². The van der Waals surface area contributed by atoms with E-state index in [0.29, 0.717) is 0 Å². The first-order valence-electron chi connectivity index (χ1n) is 7.63. The van der Waals surface area contributed by atoms with Gasteiger partial charge in [0.25, 0.3) is 0 Å². The van der Waals surface area contributed by atoms with Crippen molar-refractivity contribution in [2.24, 2.45) is 0 Å². The van der Waals surface area contributed by atoms with Crippen molar-refractivity contribution in [1.29, 1.82) is 0 Å². The van der Waals surface area contributed by atoms with Gasteiger partial charge in [-0.1, -0.05) is 18.9 Å². The molecule has 0 atom stereocenters. The Morgan fingerprint density at radius 2 is 1.65 bits per heavy atom. The number of halogens is 2. The Bertz CT molecular complexity index is 450. The molecule has 0 aromatic heterocycles. The van der Waals surface area contributed by atoms with Crippen molar-refractivity contribution >= 4 is 0 Å². The number of nitrogens with zero attached hydrogens (tertiary/aromatic N) is 2. The summed E-state index contributed by atoms with van der Waals surface area (Å²) in [7, 11) is 0. The third-order valence-electron chi connectivity index (χ3n) is 4.64. The summed E-state index contributed by atoms with van der Waals surface area (Å²) < 4.78 is 26.1. The fourth-order valence-corrected chi connectivity index (χ4v) is 3.45. The fraction of sp³-hybridized carbons (Fsp3) is 0.625. The molecule has 0 unspecified atom stereocenters. The van der Waals surface area contributed by atoms with E-state index in [1.807, 2.05) is 0 Å². The molecule has 3 rings (SSSR count). The fourth-order valence-electron chi connectivity index (χ4n) is 3.45. The van der Waals surface area contributed by atoms with Crippen LogP contribution in [0.5, 0.6) is 0 Å². The highest BCUT2D eigenvalue weighted by atomic mass is 19.2. The largest absolute Gasteiger partial charge is 0.298 e. The second-order valence-corrected chi connectivity index (χ2v) is 6.00. The van der Waals surface area contributed by atoms with Crippen LogP contribution in [0.2, 0.25) is 0 Å². The lowest BCUT2D eigenvalue weighted by molar-refractivity contribution is 0.0936. The lowest BCUT2D eigenvalue weighted by Gasteiger charge is -2.38. The predicted molar refractivity (Wildman–Crippen MR) is 75.5 cm³/mol. The van der Waals surface area contributed by atoms with E-state index in [1.165, 1.54) is 37.8 Å². The van der Waals surface area contributed by atoms with Gasteiger partial charge in [0, 0.05) is 38.8 Å². The summed E-state index contributed by atoms with van der Waals surface area (Å²) in [5.74, 6) is -1.51. The number of hydrogen-bond donors (Lipinski definition) is 0. The van der Waals surface area contributed by atoms with Crippen LogP contribution in [0.3, 0.4) is 0 Å². The van der Waals surface area contributed by atoms with Crippen molar-refractivity contribution in [3.8, 4) is 0 Å². The summed E-state index contributed by atoms with van der Waals surface area (Å²) in [6, 6.07) is 5.01. The van der Waals surface area contributed by atoms with Gasteiger partial charge in [-0.15, -0.1) is 0 Å². The highest BCUT2D eigenvalue weighted by Gasteiger charge is 2.26. The van der Waals surface area contributed by atoms with Crippen LogP contribution in [0.4, 0.5) is 8.78 Å². The third-order valence-corrected chi connectivity index (χ3v) is 4.64. The molecule has 0 bridgehead atoms. The quantitative estimate of drug-likeness (QED) is 0.840. The predicted octanol–water partition coefficient (Wildman–Crippen LogP) is 3.03. The molecule has 110 valence electrons. The van der Waals surface area contributed by atoms with Crippen molar-refractivity contribution in [2.75, 3.05) is 26.2 Å². The van der Waals surface area contributed by atoms with Gasteiger partial charge in [-0.3, -0.25) is 9.80 Å². The average molecular weight is 280 g/mol. The van der Waals surface area contributed by atoms with Crippen LogP contribution in [-0.4, -0.2) is 42.0 Å². The zero-order valence-electron chi connectivity index (χ0n) is 11.8. The molecule has 2 fully saturated rings. The van der Waals surface area contributed by atoms with Crippen molar-refractivity contribution in [3.05, 3.63) is 35.4 Å². The lowest BCUT2D eigenvalue weighted by Crippen LogP contribution is -2.49. The molecule has 0 amide bonds. The van der Waals surface area contributed by atoms with Gasteiger partial charge in [0.1, 0.15) is 0 Å². The maximum absolute atomic E-state index is 13.2. The molecular weight excluding hydrogens is 258 g/mol. The minimum atomic E-state index is -0.764. The average Bonchev–Trinajstić information content (AvgIpc) is 2.98. The molecule has 20 heavy (non-hydrogen) atoms. The summed E-state index contributed by atoms with van der Waals surface area (Å²) in [5.41, 5.74) is 0.859. The normalized spacial score (nSPS) is 22.5. The van der Waals surface area contributed by atoms with Gasteiger partial charge < -0.3 is 0 Å². The molecule has 0 spiro atoms. The smallest absolute Gasteiger partial charge is 0.159 e. The Labute approximate surface area is 119 Å². The van der Waals surface area contributed by atoms with Crippen LogP contribution >= 0.6 is 0 Å². The van der Waals surface area contributed by atoms with Crippen LogP contribution in [0.1, 0.15) is 31.2 Å². The molecule has 4 heteroatoms. The van der Waals surface area contributed by atoms with E-state index in [-0.39, 0.29) is 0 Å². The first-order chi connectivity index (χ1) is 9.72. The number of rotatable bonds is 3. The number of benzene rings is 1. The molecule has 0 N–H and O–H groups in total. The molecule has 1 heterocycles. The summed E-state index contributed by atoms with van der Waals surface area (Å²) >= 11 is 0. The Balaban J connectivity index is 1.51. The van der Waals surface area contributed by atoms with Gasteiger partial charge in [-0.25, -0.2) is 8.78 Å². The second-order valence-electron chi connectivity index (χ2n) is 6.00. The van der Waals surface area contributed by atoms with Gasteiger partial charge in [0.15, 0.2) is 11.6 Å². The van der Waals surface area contributed by atoms with Gasteiger partial charge >= 0.3 is 0 Å². The SMILES string of the molecule is Fc1ccc(CN2CCN(C3CCCC3)CC2)cc1F. The molecule has 2 aliphatic rings. The highest BCUT2D eigenvalue weighted by Crippen LogP contribution is 2.24. The maximum Gasteiger partial charge on any atom is 0.159 e. The zero-order valence-corrected chi connectivity index (χ0v) is 11.8. The first-order valence-corrected chi connectivity index (χ1v) is 7.63. The molecule has 1 aromatic rings. The monoisotopic (exact) mass is 280 g/mol. The van der Waals surface area contributed by atoms with Crippen molar-refractivity contribution in [2.45, 2.75) is 38.3 Å². The highest BCUT2D eigenvalue weighted by molar-refractivity contribution is 5.17. The summed E-state index contributed by atoms with van der Waals surface area (Å²) in [4.78, 5) is 4.94. The van der Waals surface area contributed by atoms with E-state index in [9.17, 15) is 8.78 Å². The van der Waals surface area contributed by atoms with E-state index >= 15 is 0 Å². The minimum absolute atomic E-state index is 0.718. The Kier molecular flexibility index (Phi) is 4.32.